The fourth-order valence-corrected chi connectivity index (χ4v) is 1.26. The quantitative estimate of drug-likeness (QED) is 0.808. The van der Waals surface area contributed by atoms with Gasteiger partial charge in [0.2, 0.25) is 0 Å². The van der Waals surface area contributed by atoms with E-state index in [1.165, 1.54) is 14.2 Å². The van der Waals surface area contributed by atoms with E-state index in [4.69, 9.17) is 15.2 Å². The molecule has 0 aliphatic carbocycles. The van der Waals surface area contributed by atoms with Gasteiger partial charge in [-0.25, -0.2) is 4.39 Å². The van der Waals surface area contributed by atoms with Crippen LogP contribution in [0.1, 0.15) is 18.5 Å². The molecule has 1 unspecified atom stereocenters. The smallest absolute Gasteiger partial charge is 0.197 e. The van der Waals surface area contributed by atoms with Crippen molar-refractivity contribution in [2.45, 2.75) is 13.0 Å². The molecule has 14 heavy (non-hydrogen) atoms. The van der Waals surface area contributed by atoms with Crippen molar-refractivity contribution in [3.05, 3.63) is 23.5 Å². The van der Waals surface area contributed by atoms with E-state index in [1.807, 2.05) is 0 Å². The van der Waals surface area contributed by atoms with Crippen molar-refractivity contribution >= 4 is 0 Å². The maximum absolute atomic E-state index is 13.7. The molecular formula is C10H14FNO2. The maximum atomic E-state index is 13.7. The second-order valence-corrected chi connectivity index (χ2v) is 2.99. The summed E-state index contributed by atoms with van der Waals surface area (Å²) < 4.78 is 23.5. The van der Waals surface area contributed by atoms with Crippen LogP contribution in [0.3, 0.4) is 0 Å². The van der Waals surface area contributed by atoms with Crippen LogP contribution >= 0.6 is 0 Å². The highest BCUT2D eigenvalue weighted by Gasteiger charge is 2.16. The molecular weight excluding hydrogens is 185 g/mol. The number of hydrogen-bond acceptors (Lipinski definition) is 3. The van der Waals surface area contributed by atoms with Gasteiger partial charge < -0.3 is 15.2 Å². The minimum atomic E-state index is -0.457. The van der Waals surface area contributed by atoms with Crippen LogP contribution in [0.15, 0.2) is 12.1 Å². The van der Waals surface area contributed by atoms with Crippen molar-refractivity contribution in [1.29, 1.82) is 0 Å². The molecule has 3 nitrogen and oxygen atoms in total. The monoisotopic (exact) mass is 199 g/mol. The van der Waals surface area contributed by atoms with Crippen LogP contribution in [0, 0.1) is 5.82 Å². The highest BCUT2D eigenvalue weighted by Crippen LogP contribution is 2.33. The maximum Gasteiger partial charge on any atom is 0.197 e. The molecule has 0 radical (unpaired) electrons. The van der Waals surface area contributed by atoms with E-state index in [1.54, 1.807) is 19.1 Å². The van der Waals surface area contributed by atoms with E-state index in [0.29, 0.717) is 11.3 Å². The third-order valence-corrected chi connectivity index (χ3v) is 2.01. The highest BCUT2D eigenvalue weighted by atomic mass is 19.1. The van der Waals surface area contributed by atoms with Crippen LogP contribution in [0.4, 0.5) is 4.39 Å². The summed E-state index contributed by atoms with van der Waals surface area (Å²) in [4.78, 5) is 0. The van der Waals surface area contributed by atoms with E-state index in [9.17, 15) is 4.39 Å². The Balaban J connectivity index is 3.27. The summed E-state index contributed by atoms with van der Waals surface area (Å²) in [7, 11) is 2.86. The highest BCUT2D eigenvalue weighted by molar-refractivity contribution is 5.45. The number of nitrogens with two attached hydrogens (primary N) is 1. The molecule has 0 spiro atoms. The topological polar surface area (TPSA) is 44.5 Å². The van der Waals surface area contributed by atoms with Crippen molar-refractivity contribution in [3.63, 3.8) is 0 Å². The molecule has 1 atom stereocenters. The molecule has 1 rings (SSSR count). The third kappa shape index (κ3) is 1.80. The molecule has 0 saturated heterocycles. The van der Waals surface area contributed by atoms with E-state index in [-0.39, 0.29) is 11.8 Å². The van der Waals surface area contributed by atoms with E-state index >= 15 is 0 Å². The van der Waals surface area contributed by atoms with Crippen LogP contribution in [-0.4, -0.2) is 14.2 Å². The number of hydrogen-bond donors (Lipinski definition) is 1. The Morgan fingerprint density at radius 1 is 1.29 bits per heavy atom. The Morgan fingerprint density at radius 2 is 1.93 bits per heavy atom. The van der Waals surface area contributed by atoms with Crippen molar-refractivity contribution in [2.24, 2.45) is 5.73 Å². The molecule has 1 aromatic carbocycles. The summed E-state index contributed by atoms with van der Waals surface area (Å²) in [5.41, 5.74) is 6.01. The second kappa shape index (κ2) is 4.28. The summed E-state index contributed by atoms with van der Waals surface area (Å²) in [5, 5.41) is 0. The molecule has 0 heterocycles. The van der Waals surface area contributed by atoms with Gasteiger partial charge >= 0.3 is 0 Å². The fourth-order valence-electron chi connectivity index (χ4n) is 1.26. The molecule has 4 heteroatoms. The average molecular weight is 199 g/mol. The van der Waals surface area contributed by atoms with Crippen LogP contribution in [0.5, 0.6) is 11.5 Å². The number of halogens is 1. The zero-order chi connectivity index (χ0) is 10.7. The summed E-state index contributed by atoms with van der Waals surface area (Å²) >= 11 is 0. The lowest BCUT2D eigenvalue weighted by Gasteiger charge is -2.13. The Labute approximate surface area is 82.6 Å². The lowest BCUT2D eigenvalue weighted by atomic mass is 10.1. The van der Waals surface area contributed by atoms with Crippen LogP contribution in [0.25, 0.3) is 0 Å². The number of benzene rings is 1. The summed E-state index contributed by atoms with van der Waals surface area (Å²) in [5.74, 6) is 0.0125. The van der Waals surface area contributed by atoms with Crippen molar-refractivity contribution in [1.82, 2.24) is 0 Å². The summed E-state index contributed by atoms with van der Waals surface area (Å²) in [6.07, 6.45) is 0. The number of methoxy groups -OCH3 is 2. The molecule has 78 valence electrons. The molecule has 2 N–H and O–H groups in total. The largest absolute Gasteiger partial charge is 0.493 e. The van der Waals surface area contributed by atoms with Gasteiger partial charge in [0.15, 0.2) is 17.3 Å². The van der Waals surface area contributed by atoms with Crippen molar-refractivity contribution < 1.29 is 13.9 Å². The zero-order valence-corrected chi connectivity index (χ0v) is 8.50. The van der Waals surface area contributed by atoms with Crippen molar-refractivity contribution in [3.8, 4) is 11.5 Å². The normalized spacial score (nSPS) is 12.4. The molecule has 0 bridgehead atoms. The molecule has 0 saturated carbocycles. The number of rotatable bonds is 3. The SMILES string of the molecule is COc1ccc(C(C)N)c(F)c1OC. The minimum absolute atomic E-state index is 0.0994. The summed E-state index contributed by atoms with van der Waals surface area (Å²) in [6.45, 7) is 1.71. The van der Waals surface area contributed by atoms with Gasteiger partial charge in [0.1, 0.15) is 0 Å². The van der Waals surface area contributed by atoms with Gasteiger partial charge in [0, 0.05) is 11.6 Å². The lowest BCUT2D eigenvalue weighted by Crippen LogP contribution is -2.08. The molecule has 0 aliphatic heterocycles. The fraction of sp³-hybridized carbons (Fsp3) is 0.400. The lowest BCUT2D eigenvalue weighted by molar-refractivity contribution is 0.335. The minimum Gasteiger partial charge on any atom is -0.493 e. The number of ether oxygens (including phenoxy) is 2. The molecule has 0 aliphatic rings. The first-order valence-corrected chi connectivity index (χ1v) is 4.27. The van der Waals surface area contributed by atoms with Crippen LogP contribution < -0.4 is 15.2 Å². The standard InChI is InChI=1S/C10H14FNO2/c1-6(12)7-4-5-8(13-2)10(14-3)9(7)11/h4-6H,12H2,1-3H3. The first-order chi connectivity index (χ1) is 6.61. The van der Waals surface area contributed by atoms with Gasteiger partial charge in [-0.2, -0.15) is 0 Å². The van der Waals surface area contributed by atoms with E-state index in [0.717, 1.165) is 0 Å². The van der Waals surface area contributed by atoms with Gasteiger partial charge in [0.05, 0.1) is 14.2 Å². The Hall–Kier alpha value is -1.29. The van der Waals surface area contributed by atoms with Gasteiger partial charge in [-0.15, -0.1) is 0 Å². The average Bonchev–Trinajstić information content (AvgIpc) is 2.16. The van der Waals surface area contributed by atoms with Gasteiger partial charge in [-0.1, -0.05) is 6.07 Å². The molecule has 0 aromatic heterocycles. The molecule has 1 aromatic rings. The Morgan fingerprint density at radius 3 is 2.36 bits per heavy atom. The predicted molar refractivity (Wildman–Crippen MR) is 52.1 cm³/mol. The Bertz CT molecular complexity index is 326. The van der Waals surface area contributed by atoms with E-state index in [2.05, 4.69) is 0 Å². The van der Waals surface area contributed by atoms with Crippen LogP contribution in [0.2, 0.25) is 0 Å². The first-order valence-electron chi connectivity index (χ1n) is 4.27. The van der Waals surface area contributed by atoms with Gasteiger partial charge in [-0.3, -0.25) is 0 Å². The first kappa shape index (κ1) is 10.8. The van der Waals surface area contributed by atoms with Crippen LogP contribution in [-0.2, 0) is 0 Å². The third-order valence-electron chi connectivity index (χ3n) is 2.01. The second-order valence-electron chi connectivity index (χ2n) is 2.99. The van der Waals surface area contributed by atoms with Gasteiger partial charge in [-0.05, 0) is 13.0 Å². The molecule has 0 amide bonds. The molecule has 0 fully saturated rings. The predicted octanol–water partition coefficient (Wildman–Crippen LogP) is 1.86. The van der Waals surface area contributed by atoms with Crippen molar-refractivity contribution in [2.75, 3.05) is 14.2 Å². The summed E-state index contributed by atoms with van der Waals surface area (Å²) in [6, 6.07) is 2.87. The Kier molecular flexibility index (Phi) is 3.30. The van der Waals surface area contributed by atoms with E-state index < -0.39 is 5.82 Å². The zero-order valence-electron chi connectivity index (χ0n) is 8.50. The van der Waals surface area contributed by atoms with Gasteiger partial charge in [0.25, 0.3) is 0 Å².